The third-order valence-corrected chi connectivity index (χ3v) is 4.66. The van der Waals surface area contributed by atoms with Gasteiger partial charge in [0.25, 0.3) is 5.91 Å². The van der Waals surface area contributed by atoms with Crippen molar-refractivity contribution in [2.24, 2.45) is 0 Å². The molecule has 0 aliphatic heterocycles. The number of nitrogens with one attached hydrogen (secondary N) is 1. The first kappa shape index (κ1) is 18.9. The lowest BCUT2D eigenvalue weighted by Crippen LogP contribution is -2.15. The molecule has 4 aromatic rings. The van der Waals surface area contributed by atoms with E-state index < -0.39 is 0 Å². The lowest BCUT2D eigenvalue weighted by atomic mass is 10.2. The van der Waals surface area contributed by atoms with Crippen LogP contribution in [0.3, 0.4) is 0 Å². The van der Waals surface area contributed by atoms with Crippen LogP contribution in [0.1, 0.15) is 27.4 Å². The van der Waals surface area contributed by atoms with Gasteiger partial charge in [0.1, 0.15) is 6.67 Å². The number of carbonyl (C=O) groups is 1. The Morgan fingerprint density at radius 2 is 1.90 bits per heavy atom. The van der Waals surface area contributed by atoms with Crippen molar-refractivity contribution in [3.63, 3.8) is 0 Å². The highest BCUT2D eigenvalue weighted by molar-refractivity contribution is 6.30. The van der Waals surface area contributed by atoms with Crippen LogP contribution < -0.4 is 5.32 Å². The number of amides is 1. The molecule has 3 aromatic heterocycles. The largest absolute Gasteiger partial charge is 0.318 e. The number of carbonyl (C=O) groups excluding carboxylic acids is 1. The first-order valence-corrected chi connectivity index (χ1v) is 9.47. The van der Waals surface area contributed by atoms with Crippen molar-refractivity contribution in [3.8, 4) is 0 Å². The molecule has 3 heterocycles. The van der Waals surface area contributed by atoms with Gasteiger partial charge in [-0.05, 0) is 43.7 Å². The van der Waals surface area contributed by atoms with Crippen LogP contribution in [-0.4, -0.2) is 35.2 Å². The molecule has 0 fully saturated rings. The SMILES string of the molecule is Cc1cc(C)n(Cn2ccc(C(=O)Nc3cnn(Cc4ccc(Cl)cc4)c3)n2)n1. The predicted octanol–water partition coefficient (Wildman–Crippen LogP) is 3.35. The highest BCUT2D eigenvalue weighted by Gasteiger charge is 2.12. The van der Waals surface area contributed by atoms with Crippen LogP contribution in [0.5, 0.6) is 0 Å². The summed E-state index contributed by atoms with van der Waals surface area (Å²) in [6.45, 7) is 4.97. The second kappa shape index (κ2) is 7.92. The Balaban J connectivity index is 1.38. The average Bonchev–Trinajstić information content (AvgIpc) is 3.39. The Bertz CT molecular complexity index is 1140. The number of hydrogen-bond acceptors (Lipinski definition) is 4. The number of aryl methyl sites for hydroxylation is 2. The minimum atomic E-state index is -0.289. The van der Waals surface area contributed by atoms with E-state index in [0.29, 0.717) is 29.6 Å². The van der Waals surface area contributed by atoms with Gasteiger partial charge in [-0.25, -0.2) is 4.68 Å². The summed E-state index contributed by atoms with van der Waals surface area (Å²) in [6, 6.07) is 11.2. The summed E-state index contributed by atoms with van der Waals surface area (Å²) in [5.41, 5.74) is 3.99. The Kier molecular flexibility index (Phi) is 5.18. The quantitative estimate of drug-likeness (QED) is 0.529. The van der Waals surface area contributed by atoms with Crippen LogP contribution in [-0.2, 0) is 13.2 Å². The number of benzene rings is 1. The molecule has 0 aliphatic rings. The minimum Gasteiger partial charge on any atom is -0.318 e. The molecule has 4 rings (SSSR count). The summed E-state index contributed by atoms with van der Waals surface area (Å²) >= 11 is 5.91. The van der Waals surface area contributed by atoms with Crippen molar-refractivity contribution in [2.45, 2.75) is 27.1 Å². The highest BCUT2D eigenvalue weighted by Crippen LogP contribution is 2.13. The van der Waals surface area contributed by atoms with E-state index in [2.05, 4.69) is 20.6 Å². The molecule has 1 aromatic carbocycles. The number of nitrogens with zero attached hydrogens (tertiary/aromatic N) is 6. The highest BCUT2D eigenvalue weighted by atomic mass is 35.5. The maximum atomic E-state index is 12.5. The third-order valence-electron chi connectivity index (χ3n) is 4.40. The van der Waals surface area contributed by atoms with Crippen molar-refractivity contribution >= 4 is 23.2 Å². The molecule has 0 saturated heterocycles. The normalized spacial score (nSPS) is 11.0. The molecule has 8 nitrogen and oxygen atoms in total. The van der Waals surface area contributed by atoms with Gasteiger partial charge in [0, 0.05) is 23.1 Å². The molecule has 9 heteroatoms. The average molecular weight is 410 g/mol. The second-order valence-electron chi connectivity index (χ2n) is 6.82. The third kappa shape index (κ3) is 4.55. The number of rotatable bonds is 6. The monoisotopic (exact) mass is 409 g/mol. The van der Waals surface area contributed by atoms with Gasteiger partial charge < -0.3 is 5.32 Å². The fourth-order valence-corrected chi connectivity index (χ4v) is 3.13. The Hall–Kier alpha value is -3.39. The van der Waals surface area contributed by atoms with Crippen LogP contribution in [0.25, 0.3) is 0 Å². The van der Waals surface area contributed by atoms with Gasteiger partial charge in [-0.2, -0.15) is 15.3 Å². The summed E-state index contributed by atoms with van der Waals surface area (Å²) in [5, 5.41) is 16.5. The minimum absolute atomic E-state index is 0.289. The van der Waals surface area contributed by atoms with E-state index >= 15 is 0 Å². The number of aromatic nitrogens is 6. The molecule has 0 saturated carbocycles. The molecule has 0 radical (unpaired) electrons. The van der Waals surface area contributed by atoms with E-state index in [1.807, 2.05) is 48.9 Å². The second-order valence-corrected chi connectivity index (χ2v) is 7.25. The molecule has 1 amide bonds. The Morgan fingerprint density at radius 3 is 2.62 bits per heavy atom. The summed E-state index contributed by atoms with van der Waals surface area (Å²) < 4.78 is 5.27. The number of anilines is 1. The van der Waals surface area contributed by atoms with E-state index in [1.54, 1.807) is 34.0 Å². The first-order chi connectivity index (χ1) is 14.0. The Labute approximate surface area is 172 Å². The van der Waals surface area contributed by atoms with E-state index in [9.17, 15) is 4.79 Å². The van der Waals surface area contributed by atoms with Crippen LogP contribution in [0.15, 0.2) is 55.0 Å². The van der Waals surface area contributed by atoms with Crippen molar-refractivity contribution in [2.75, 3.05) is 5.32 Å². The van der Waals surface area contributed by atoms with Gasteiger partial charge in [-0.3, -0.25) is 14.2 Å². The zero-order chi connectivity index (χ0) is 20.4. The maximum absolute atomic E-state index is 12.5. The first-order valence-electron chi connectivity index (χ1n) is 9.09. The Morgan fingerprint density at radius 1 is 1.10 bits per heavy atom. The van der Waals surface area contributed by atoms with Gasteiger partial charge >= 0.3 is 0 Å². The van der Waals surface area contributed by atoms with E-state index in [1.165, 1.54) is 0 Å². The van der Waals surface area contributed by atoms with Crippen molar-refractivity contribution in [3.05, 3.63) is 82.7 Å². The van der Waals surface area contributed by atoms with Crippen LogP contribution in [0.4, 0.5) is 5.69 Å². The molecule has 1 N–H and O–H groups in total. The van der Waals surface area contributed by atoms with Gasteiger partial charge in [-0.15, -0.1) is 0 Å². The van der Waals surface area contributed by atoms with E-state index in [-0.39, 0.29) is 5.91 Å². The molecule has 0 spiro atoms. The van der Waals surface area contributed by atoms with Gasteiger partial charge in [0.05, 0.1) is 24.1 Å². The van der Waals surface area contributed by atoms with Crippen molar-refractivity contribution < 1.29 is 4.79 Å². The number of halogens is 1. The van der Waals surface area contributed by atoms with Crippen LogP contribution in [0, 0.1) is 13.8 Å². The molecule has 0 atom stereocenters. The topological polar surface area (TPSA) is 82.6 Å². The van der Waals surface area contributed by atoms with Gasteiger partial charge in [0.15, 0.2) is 5.69 Å². The van der Waals surface area contributed by atoms with Crippen LogP contribution in [0.2, 0.25) is 5.02 Å². The predicted molar refractivity (Wildman–Crippen MR) is 110 cm³/mol. The fraction of sp³-hybridized carbons (Fsp3) is 0.200. The van der Waals surface area contributed by atoms with E-state index in [0.717, 1.165) is 17.0 Å². The summed E-state index contributed by atoms with van der Waals surface area (Å²) in [5.74, 6) is -0.289. The molecular formula is C20H20ClN7O. The summed E-state index contributed by atoms with van der Waals surface area (Å²) in [4.78, 5) is 12.5. The van der Waals surface area contributed by atoms with E-state index in [4.69, 9.17) is 11.6 Å². The zero-order valence-corrected chi connectivity index (χ0v) is 16.8. The molecule has 29 heavy (non-hydrogen) atoms. The summed E-state index contributed by atoms with van der Waals surface area (Å²) in [6.07, 6.45) is 5.15. The van der Waals surface area contributed by atoms with Crippen molar-refractivity contribution in [1.82, 2.24) is 29.3 Å². The van der Waals surface area contributed by atoms with Crippen molar-refractivity contribution in [1.29, 1.82) is 0 Å². The lowest BCUT2D eigenvalue weighted by Gasteiger charge is -2.04. The van der Waals surface area contributed by atoms with Gasteiger partial charge in [0.2, 0.25) is 0 Å². The lowest BCUT2D eigenvalue weighted by molar-refractivity contribution is 0.102. The number of hydrogen-bond donors (Lipinski definition) is 1. The smallest absolute Gasteiger partial charge is 0.276 e. The summed E-state index contributed by atoms with van der Waals surface area (Å²) in [7, 11) is 0. The molecule has 0 bridgehead atoms. The molecule has 0 aliphatic carbocycles. The van der Waals surface area contributed by atoms with Gasteiger partial charge in [-0.1, -0.05) is 23.7 Å². The molecule has 0 unspecified atom stereocenters. The zero-order valence-electron chi connectivity index (χ0n) is 16.1. The molecular weight excluding hydrogens is 390 g/mol. The molecule has 148 valence electrons. The maximum Gasteiger partial charge on any atom is 0.276 e. The van der Waals surface area contributed by atoms with Crippen LogP contribution >= 0.6 is 11.6 Å². The fourth-order valence-electron chi connectivity index (χ4n) is 3.00. The standard InChI is InChI=1S/C20H20ClN7O/c1-14-9-15(2)28(24-14)13-26-8-7-19(25-26)20(29)23-18-10-22-27(12-18)11-16-3-5-17(21)6-4-16/h3-10,12H,11,13H2,1-2H3,(H,23,29).